The van der Waals surface area contributed by atoms with Gasteiger partial charge in [-0.2, -0.15) is 0 Å². The van der Waals surface area contributed by atoms with Gasteiger partial charge in [-0.15, -0.1) is 0 Å². The molecule has 0 radical (unpaired) electrons. The number of halogens is 1. The monoisotopic (exact) mass is 336 g/mol. The molecule has 1 aromatic rings. The Morgan fingerprint density at radius 1 is 1.26 bits per heavy atom. The van der Waals surface area contributed by atoms with Gasteiger partial charge in [0.05, 0.1) is 19.8 Å². The third-order valence-electron chi connectivity index (χ3n) is 4.92. The standard InChI is InChI=1S/C17H21ClN2O3/c18-13-4-2-12(3-5-13)14-10-15(14)19-16(21)20-7-1-6-17(11-20)22-8-9-23-17/h2-5,14-15H,1,6-11H2,(H,19,21)/t14-,15-/m0/s1. The number of nitrogens with one attached hydrogen (secondary N) is 1. The molecule has 3 fully saturated rings. The topological polar surface area (TPSA) is 50.8 Å². The van der Waals surface area contributed by atoms with Crippen molar-refractivity contribution in [1.29, 1.82) is 0 Å². The molecule has 1 aromatic carbocycles. The molecular formula is C17H21ClN2O3. The maximum Gasteiger partial charge on any atom is 0.317 e. The molecule has 3 aliphatic rings. The Morgan fingerprint density at radius 3 is 2.74 bits per heavy atom. The normalized spacial score (nSPS) is 28.8. The summed E-state index contributed by atoms with van der Waals surface area (Å²) >= 11 is 5.92. The average molecular weight is 337 g/mol. The van der Waals surface area contributed by atoms with Crippen LogP contribution in [0.4, 0.5) is 4.79 Å². The minimum atomic E-state index is -0.561. The van der Waals surface area contributed by atoms with Gasteiger partial charge in [0.15, 0.2) is 5.79 Å². The second-order valence-corrected chi connectivity index (χ2v) is 7.02. The van der Waals surface area contributed by atoms with E-state index in [-0.39, 0.29) is 12.1 Å². The third-order valence-corrected chi connectivity index (χ3v) is 5.17. The number of carbonyl (C=O) groups excluding carboxylic acids is 1. The Hall–Kier alpha value is -1.30. The van der Waals surface area contributed by atoms with Crippen molar-refractivity contribution < 1.29 is 14.3 Å². The Kier molecular flexibility index (Phi) is 3.95. The number of urea groups is 1. The van der Waals surface area contributed by atoms with E-state index in [1.807, 2.05) is 29.2 Å². The predicted octanol–water partition coefficient (Wildman–Crippen LogP) is 2.74. The van der Waals surface area contributed by atoms with Crippen LogP contribution in [0.1, 0.15) is 30.7 Å². The smallest absolute Gasteiger partial charge is 0.317 e. The molecule has 1 aliphatic carbocycles. The van der Waals surface area contributed by atoms with Crippen molar-refractivity contribution in [2.75, 3.05) is 26.3 Å². The Morgan fingerprint density at radius 2 is 2.00 bits per heavy atom. The van der Waals surface area contributed by atoms with Gasteiger partial charge in [-0.3, -0.25) is 0 Å². The number of carbonyl (C=O) groups is 1. The molecule has 2 saturated heterocycles. The van der Waals surface area contributed by atoms with Crippen molar-refractivity contribution in [2.24, 2.45) is 0 Å². The summed E-state index contributed by atoms with van der Waals surface area (Å²) < 4.78 is 11.5. The summed E-state index contributed by atoms with van der Waals surface area (Å²) in [7, 11) is 0. The lowest BCUT2D eigenvalue weighted by molar-refractivity contribution is -0.182. The van der Waals surface area contributed by atoms with Crippen molar-refractivity contribution in [3.63, 3.8) is 0 Å². The molecule has 0 bridgehead atoms. The van der Waals surface area contributed by atoms with Gasteiger partial charge in [0.25, 0.3) is 0 Å². The molecule has 6 heteroatoms. The molecule has 2 atom stereocenters. The van der Waals surface area contributed by atoms with Crippen LogP contribution in [0.25, 0.3) is 0 Å². The highest BCUT2D eigenvalue weighted by molar-refractivity contribution is 6.30. The van der Waals surface area contributed by atoms with Gasteiger partial charge in [-0.1, -0.05) is 23.7 Å². The second kappa shape index (κ2) is 5.96. The largest absolute Gasteiger partial charge is 0.346 e. The van der Waals surface area contributed by atoms with E-state index in [0.29, 0.717) is 25.7 Å². The fraction of sp³-hybridized carbons (Fsp3) is 0.588. The number of nitrogens with zero attached hydrogens (tertiary/aromatic N) is 1. The number of hydrogen-bond acceptors (Lipinski definition) is 3. The van der Waals surface area contributed by atoms with E-state index in [1.165, 1.54) is 5.56 Å². The molecule has 5 nitrogen and oxygen atoms in total. The van der Waals surface area contributed by atoms with Crippen LogP contribution in [0, 0.1) is 0 Å². The first-order chi connectivity index (χ1) is 11.2. The summed E-state index contributed by atoms with van der Waals surface area (Å²) in [5.74, 6) is -0.164. The van der Waals surface area contributed by atoms with E-state index in [2.05, 4.69) is 5.32 Å². The molecule has 1 saturated carbocycles. The van der Waals surface area contributed by atoms with Gasteiger partial charge in [0.1, 0.15) is 0 Å². The lowest BCUT2D eigenvalue weighted by atomic mass is 10.1. The average Bonchev–Trinajstić information content (AvgIpc) is 3.18. The van der Waals surface area contributed by atoms with Crippen LogP contribution in [0.3, 0.4) is 0 Å². The maximum atomic E-state index is 12.5. The second-order valence-electron chi connectivity index (χ2n) is 6.58. The van der Waals surface area contributed by atoms with Gasteiger partial charge < -0.3 is 19.7 Å². The number of hydrogen-bond donors (Lipinski definition) is 1. The quantitative estimate of drug-likeness (QED) is 0.903. The highest BCUT2D eigenvalue weighted by Gasteiger charge is 2.44. The Labute approximate surface area is 140 Å². The molecule has 2 amide bonds. The van der Waals surface area contributed by atoms with Crippen molar-refractivity contribution in [1.82, 2.24) is 10.2 Å². The molecule has 0 aromatic heterocycles. The summed E-state index contributed by atoms with van der Waals surface area (Å²) in [6.07, 6.45) is 2.77. The van der Waals surface area contributed by atoms with Gasteiger partial charge in [-0.25, -0.2) is 4.79 Å². The predicted molar refractivity (Wildman–Crippen MR) is 86.6 cm³/mol. The minimum absolute atomic E-state index is 0.00959. The fourth-order valence-electron chi connectivity index (χ4n) is 3.58. The molecule has 2 heterocycles. The molecule has 23 heavy (non-hydrogen) atoms. The summed E-state index contributed by atoms with van der Waals surface area (Å²) in [5.41, 5.74) is 1.23. The highest BCUT2D eigenvalue weighted by atomic mass is 35.5. The lowest BCUT2D eigenvalue weighted by Crippen LogP contribution is -2.54. The number of amides is 2. The van der Waals surface area contributed by atoms with E-state index >= 15 is 0 Å². The van der Waals surface area contributed by atoms with E-state index < -0.39 is 5.79 Å². The number of rotatable bonds is 2. The van der Waals surface area contributed by atoms with E-state index in [4.69, 9.17) is 21.1 Å². The van der Waals surface area contributed by atoms with Crippen LogP contribution in [-0.2, 0) is 9.47 Å². The first-order valence-electron chi connectivity index (χ1n) is 8.24. The molecular weight excluding hydrogens is 316 g/mol. The summed E-state index contributed by atoms with van der Waals surface area (Å²) in [5, 5.41) is 3.88. The summed E-state index contributed by atoms with van der Waals surface area (Å²) in [4.78, 5) is 14.3. The number of likely N-dealkylation sites (tertiary alicyclic amines) is 1. The van der Waals surface area contributed by atoms with Crippen LogP contribution in [0.2, 0.25) is 5.02 Å². The Bertz CT molecular complexity index is 586. The van der Waals surface area contributed by atoms with Gasteiger partial charge in [0.2, 0.25) is 0 Å². The SMILES string of the molecule is O=C(N[C@H]1C[C@H]1c1ccc(Cl)cc1)N1CCCC2(C1)OCCO2. The first-order valence-corrected chi connectivity index (χ1v) is 8.62. The summed E-state index contributed by atoms with van der Waals surface area (Å²) in [6, 6.07) is 8.08. The zero-order chi connectivity index (χ0) is 15.9. The van der Waals surface area contributed by atoms with Gasteiger partial charge >= 0.3 is 6.03 Å². The van der Waals surface area contributed by atoms with E-state index in [9.17, 15) is 4.79 Å². The van der Waals surface area contributed by atoms with Crippen molar-refractivity contribution >= 4 is 17.6 Å². The number of benzene rings is 1. The van der Waals surface area contributed by atoms with Crippen molar-refractivity contribution in [3.05, 3.63) is 34.9 Å². The molecule has 1 spiro atoms. The minimum Gasteiger partial charge on any atom is -0.346 e. The molecule has 1 N–H and O–H groups in total. The fourth-order valence-corrected chi connectivity index (χ4v) is 3.70. The third kappa shape index (κ3) is 3.18. The van der Waals surface area contributed by atoms with E-state index in [1.54, 1.807) is 0 Å². The molecule has 2 aliphatic heterocycles. The number of piperidine rings is 1. The van der Waals surface area contributed by atoms with Crippen LogP contribution in [-0.4, -0.2) is 49.1 Å². The van der Waals surface area contributed by atoms with Crippen molar-refractivity contribution in [2.45, 2.75) is 37.0 Å². The summed E-state index contributed by atoms with van der Waals surface area (Å²) in [6.45, 7) is 2.53. The maximum absolute atomic E-state index is 12.5. The van der Waals surface area contributed by atoms with Crippen LogP contribution in [0.15, 0.2) is 24.3 Å². The molecule has 124 valence electrons. The zero-order valence-electron chi connectivity index (χ0n) is 13.0. The number of ether oxygens (including phenoxy) is 2. The van der Waals surface area contributed by atoms with E-state index in [0.717, 1.165) is 30.8 Å². The van der Waals surface area contributed by atoms with Crippen molar-refractivity contribution in [3.8, 4) is 0 Å². The highest BCUT2D eigenvalue weighted by Crippen LogP contribution is 2.41. The zero-order valence-corrected chi connectivity index (χ0v) is 13.7. The Balaban J connectivity index is 1.33. The first kappa shape index (κ1) is 15.2. The van der Waals surface area contributed by atoms with Crippen LogP contribution < -0.4 is 5.32 Å². The molecule has 4 rings (SSSR count). The van der Waals surface area contributed by atoms with Crippen LogP contribution >= 0.6 is 11.6 Å². The van der Waals surface area contributed by atoms with Gasteiger partial charge in [-0.05, 0) is 30.5 Å². The molecule has 0 unspecified atom stereocenters. The van der Waals surface area contributed by atoms with Gasteiger partial charge in [0, 0.05) is 29.9 Å². The van der Waals surface area contributed by atoms with Crippen LogP contribution in [0.5, 0.6) is 0 Å². The lowest BCUT2D eigenvalue weighted by Gasteiger charge is -2.38.